The van der Waals surface area contributed by atoms with Crippen LogP contribution < -0.4 is 0 Å². The van der Waals surface area contributed by atoms with Gasteiger partial charge in [0.15, 0.2) is 0 Å². The summed E-state index contributed by atoms with van der Waals surface area (Å²) >= 11 is 12.4. The molecule has 0 aromatic rings. The highest BCUT2D eigenvalue weighted by Crippen LogP contribution is 2.08. The molecule has 0 spiro atoms. The van der Waals surface area contributed by atoms with Crippen molar-refractivity contribution in [1.82, 2.24) is 0 Å². The highest BCUT2D eigenvalue weighted by Gasteiger charge is 2.02. The molecule has 0 heterocycles. The fourth-order valence-electron chi connectivity index (χ4n) is 0.575. The Labute approximate surface area is 138 Å². The molecule has 0 saturated carbocycles. The summed E-state index contributed by atoms with van der Waals surface area (Å²) in [5.41, 5.74) is 0. The molecule has 0 saturated heterocycles. The zero-order valence-electron chi connectivity index (χ0n) is 8.87. The third kappa shape index (κ3) is 10.0. The van der Waals surface area contributed by atoms with Gasteiger partial charge in [-0.2, -0.15) is 0 Å². The number of carbonyl (C=O) groups is 2. The first kappa shape index (κ1) is 18.1. The zero-order valence-corrected chi connectivity index (χ0v) is 15.2. The number of rotatable bonds is 6. The Morgan fingerprint density at radius 2 is 1.17 bits per heavy atom. The summed E-state index contributed by atoms with van der Waals surface area (Å²) in [5.74, 6) is -1.26. The lowest BCUT2D eigenvalue weighted by Crippen LogP contribution is -2.06. The van der Waals surface area contributed by atoms with Crippen molar-refractivity contribution in [3.8, 4) is 0 Å². The smallest absolute Gasteiger partial charge is 0.331 e. The van der Waals surface area contributed by atoms with Crippen molar-refractivity contribution >= 4 is 75.7 Å². The molecular formula is C10H8Br4O4. The molecule has 0 aliphatic rings. The van der Waals surface area contributed by atoms with Crippen molar-refractivity contribution in [3.63, 3.8) is 0 Å². The minimum atomic E-state index is -0.631. The Bertz CT molecular complexity index is 351. The van der Waals surface area contributed by atoms with Crippen LogP contribution in [0.5, 0.6) is 0 Å². The molecule has 0 amide bonds. The van der Waals surface area contributed by atoms with Crippen molar-refractivity contribution in [2.75, 3.05) is 13.2 Å². The van der Waals surface area contributed by atoms with Crippen LogP contribution in [0, 0.1) is 0 Å². The third-order valence-electron chi connectivity index (χ3n) is 1.30. The molecule has 0 aromatic heterocycles. The van der Waals surface area contributed by atoms with E-state index in [1.165, 1.54) is 0 Å². The van der Waals surface area contributed by atoms with Crippen LogP contribution >= 0.6 is 63.7 Å². The molecule has 0 bridgehead atoms. The molecule has 18 heavy (non-hydrogen) atoms. The van der Waals surface area contributed by atoms with Gasteiger partial charge in [0.05, 0.1) is 0 Å². The Morgan fingerprint density at radius 3 is 1.44 bits per heavy atom. The molecule has 0 atom stereocenters. The van der Waals surface area contributed by atoms with E-state index in [1.807, 2.05) is 0 Å². The lowest BCUT2D eigenvalue weighted by molar-refractivity contribution is -0.139. The molecule has 0 aromatic carbocycles. The van der Waals surface area contributed by atoms with Gasteiger partial charge in [-0.25, -0.2) is 9.59 Å². The molecule has 0 fully saturated rings. The van der Waals surface area contributed by atoms with E-state index in [0.29, 0.717) is 8.96 Å². The molecule has 0 rings (SSSR count). The Kier molecular flexibility index (Phi) is 11.0. The lowest BCUT2D eigenvalue weighted by atomic mass is 10.5. The molecule has 4 nitrogen and oxygen atoms in total. The fourth-order valence-corrected chi connectivity index (χ4v) is 1.07. The first-order valence-corrected chi connectivity index (χ1v) is 7.82. The van der Waals surface area contributed by atoms with Crippen molar-refractivity contribution in [2.45, 2.75) is 0 Å². The summed E-state index contributed by atoms with van der Waals surface area (Å²) in [6.45, 7) is 0.169. The second-order valence-corrected chi connectivity index (χ2v) is 5.61. The first-order chi connectivity index (χ1) is 8.49. The summed E-state index contributed by atoms with van der Waals surface area (Å²) in [5, 5.41) is 0. The van der Waals surface area contributed by atoms with Crippen LogP contribution in [0.3, 0.4) is 0 Å². The topological polar surface area (TPSA) is 52.6 Å². The van der Waals surface area contributed by atoms with E-state index in [0.717, 1.165) is 12.2 Å². The number of carbonyl (C=O) groups excluding carboxylic acids is 2. The average Bonchev–Trinajstić information content (AvgIpc) is 2.39. The van der Waals surface area contributed by atoms with Gasteiger partial charge in [-0.1, -0.05) is 63.7 Å². The molecule has 0 unspecified atom stereocenters. The van der Waals surface area contributed by atoms with E-state index in [9.17, 15) is 9.59 Å². The lowest BCUT2D eigenvalue weighted by Gasteiger charge is -2.00. The second kappa shape index (κ2) is 11.0. The Hall–Kier alpha value is 0.0800. The first-order valence-electron chi connectivity index (χ1n) is 4.40. The SMILES string of the molecule is O=C(/C=C\C(=O)OC/C(Br)=C/Br)OC/C(Br)=C/Br. The minimum absolute atomic E-state index is 0.0847. The maximum absolute atomic E-state index is 11.2. The van der Waals surface area contributed by atoms with Gasteiger partial charge in [-0.05, 0) is 9.97 Å². The Morgan fingerprint density at radius 1 is 0.833 bits per heavy atom. The number of hydrogen-bond acceptors (Lipinski definition) is 4. The largest absolute Gasteiger partial charge is 0.457 e. The zero-order chi connectivity index (χ0) is 14.0. The van der Waals surface area contributed by atoms with Crippen molar-refractivity contribution in [3.05, 3.63) is 31.1 Å². The van der Waals surface area contributed by atoms with Gasteiger partial charge in [-0.3, -0.25) is 0 Å². The van der Waals surface area contributed by atoms with Gasteiger partial charge >= 0.3 is 11.9 Å². The van der Waals surface area contributed by atoms with Crippen LogP contribution in [0.4, 0.5) is 0 Å². The van der Waals surface area contributed by atoms with Crippen molar-refractivity contribution in [2.24, 2.45) is 0 Å². The average molecular weight is 512 g/mol. The molecule has 0 N–H and O–H groups in total. The predicted molar refractivity (Wildman–Crippen MR) is 82.9 cm³/mol. The number of hydrogen-bond donors (Lipinski definition) is 0. The van der Waals surface area contributed by atoms with E-state index < -0.39 is 11.9 Å². The van der Waals surface area contributed by atoms with E-state index in [2.05, 4.69) is 63.7 Å². The normalized spacial score (nSPS) is 12.7. The molecule has 0 radical (unpaired) electrons. The number of halogens is 4. The van der Waals surface area contributed by atoms with E-state index in [4.69, 9.17) is 9.47 Å². The van der Waals surface area contributed by atoms with Crippen molar-refractivity contribution in [1.29, 1.82) is 0 Å². The molecule has 0 aliphatic heterocycles. The Balaban J connectivity index is 3.99. The third-order valence-corrected chi connectivity index (χ3v) is 4.55. The highest BCUT2D eigenvalue weighted by atomic mass is 79.9. The maximum Gasteiger partial charge on any atom is 0.331 e. The van der Waals surface area contributed by atoms with Crippen molar-refractivity contribution < 1.29 is 19.1 Å². The summed E-state index contributed by atoms with van der Waals surface area (Å²) in [4.78, 5) is 25.5. The predicted octanol–water partition coefficient (Wildman–Crippen LogP) is 3.89. The molecule has 100 valence electrons. The van der Waals surface area contributed by atoms with Gasteiger partial charge in [0, 0.05) is 21.1 Å². The van der Waals surface area contributed by atoms with Crippen LogP contribution in [-0.2, 0) is 19.1 Å². The number of ether oxygens (including phenoxy) is 2. The van der Waals surface area contributed by atoms with Crippen LogP contribution in [0.25, 0.3) is 0 Å². The highest BCUT2D eigenvalue weighted by molar-refractivity contribution is 9.14. The van der Waals surface area contributed by atoms with Crippen LogP contribution in [0.1, 0.15) is 0 Å². The van der Waals surface area contributed by atoms with Gasteiger partial charge < -0.3 is 9.47 Å². The maximum atomic E-state index is 11.2. The van der Waals surface area contributed by atoms with Crippen LogP contribution in [-0.4, -0.2) is 25.2 Å². The summed E-state index contributed by atoms with van der Waals surface area (Å²) in [6, 6.07) is 0. The second-order valence-electron chi connectivity index (χ2n) is 2.66. The van der Waals surface area contributed by atoms with Gasteiger partial charge in [0.2, 0.25) is 0 Å². The molecule has 0 aliphatic carbocycles. The number of esters is 2. The standard InChI is InChI=1S/C10H8Br4O4/c11-3-7(13)5-17-9(15)1-2-10(16)18-6-8(14)4-12/h1-4H,5-6H2/b2-1-,7-3-,8-4-. The molecule has 8 heteroatoms. The van der Waals surface area contributed by atoms with Crippen LogP contribution in [0.2, 0.25) is 0 Å². The van der Waals surface area contributed by atoms with Gasteiger partial charge in [-0.15, -0.1) is 0 Å². The van der Waals surface area contributed by atoms with Gasteiger partial charge in [0.25, 0.3) is 0 Å². The molecular weight excluding hydrogens is 504 g/mol. The monoisotopic (exact) mass is 508 g/mol. The fraction of sp³-hybridized carbons (Fsp3) is 0.200. The quantitative estimate of drug-likeness (QED) is 0.401. The minimum Gasteiger partial charge on any atom is -0.457 e. The van der Waals surface area contributed by atoms with Gasteiger partial charge in [0.1, 0.15) is 13.2 Å². The van der Waals surface area contributed by atoms with E-state index in [-0.39, 0.29) is 13.2 Å². The van der Waals surface area contributed by atoms with Crippen LogP contribution in [0.15, 0.2) is 31.1 Å². The van der Waals surface area contributed by atoms with E-state index >= 15 is 0 Å². The summed E-state index contributed by atoms with van der Waals surface area (Å²) in [6.07, 6.45) is 2.01. The summed E-state index contributed by atoms with van der Waals surface area (Å²) < 4.78 is 10.9. The summed E-state index contributed by atoms with van der Waals surface area (Å²) in [7, 11) is 0. The van der Waals surface area contributed by atoms with E-state index in [1.54, 1.807) is 9.97 Å².